The van der Waals surface area contributed by atoms with E-state index in [1.165, 1.54) is 12.1 Å². The standard InChI is InChI=1S/C11H14ClF3N2O/c12-10-5-9(2-1-8(10)6-16)17(3-4-18)7-11(13,14)15/h1-2,5,18H,3-4,6-7,16H2. The summed E-state index contributed by atoms with van der Waals surface area (Å²) >= 11 is 5.89. The zero-order chi connectivity index (χ0) is 13.8. The summed E-state index contributed by atoms with van der Waals surface area (Å²) in [4.78, 5) is 1.02. The number of alkyl halides is 3. The Bertz CT molecular complexity index is 398. The number of nitrogens with two attached hydrogens (primary N) is 1. The van der Waals surface area contributed by atoms with E-state index in [1.54, 1.807) is 6.07 Å². The summed E-state index contributed by atoms with van der Waals surface area (Å²) < 4.78 is 37.2. The topological polar surface area (TPSA) is 49.5 Å². The summed E-state index contributed by atoms with van der Waals surface area (Å²) in [5.41, 5.74) is 6.39. The van der Waals surface area contributed by atoms with Gasteiger partial charge in [0.05, 0.1) is 6.61 Å². The van der Waals surface area contributed by atoms with Crippen molar-refractivity contribution in [2.24, 2.45) is 5.73 Å². The molecule has 0 radical (unpaired) electrons. The van der Waals surface area contributed by atoms with Crippen LogP contribution in [0.4, 0.5) is 18.9 Å². The molecule has 0 heterocycles. The second-order valence-electron chi connectivity index (χ2n) is 3.74. The van der Waals surface area contributed by atoms with E-state index in [0.717, 1.165) is 4.90 Å². The van der Waals surface area contributed by atoms with Gasteiger partial charge in [0, 0.05) is 23.8 Å². The molecule has 1 aromatic rings. The molecule has 18 heavy (non-hydrogen) atoms. The predicted octanol–water partition coefficient (Wildman–Crippen LogP) is 2.16. The molecule has 0 aliphatic heterocycles. The van der Waals surface area contributed by atoms with Crippen molar-refractivity contribution in [3.8, 4) is 0 Å². The first-order valence-electron chi connectivity index (χ1n) is 5.28. The van der Waals surface area contributed by atoms with Crippen LogP contribution in [0.15, 0.2) is 18.2 Å². The number of anilines is 1. The van der Waals surface area contributed by atoms with Crippen LogP contribution < -0.4 is 10.6 Å². The third kappa shape index (κ3) is 4.36. The molecular formula is C11H14ClF3N2O. The smallest absolute Gasteiger partial charge is 0.395 e. The minimum atomic E-state index is -4.34. The maximum Gasteiger partial charge on any atom is 0.405 e. The van der Waals surface area contributed by atoms with Crippen molar-refractivity contribution in [3.63, 3.8) is 0 Å². The van der Waals surface area contributed by atoms with E-state index in [9.17, 15) is 13.2 Å². The Labute approximate surface area is 108 Å². The molecule has 0 aromatic heterocycles. The van der Waals surface area contributed by atoms with Crippen LogP contribution in [0, 0.1) is 0 Å². The third-order valence-corrected chi connectivity index (χ3v) is 2.71. The molecule has 0 spiro atoms. The van der Waals surface area contributed by atoms with Gasteiger partial charge in [-0.25, -0.2) is 0 Å². The van der Waals surface area contributed by atoms with Crippen molar-refractivity contribution in [1.29, 1.82) is 0 Å². The van der Waals surface area contributed by atoms with E-state index in [4.69, 9.17) is 22.4 Å². The van der Waals surface area contributed by atoms with Crippen LogP contribution in [0.25, 0.3) is 0 Å². The molecule has 0 fully saturated rings. The summed E-state index contributed by atoms with van der Waals surface area (Å²) in [5, 5.41) is 9.12. The molecule has 0 saturated heterocycles. The normalized spacial score (nSPS) is 11.7. The summed E-state index contributed by atoms with van der Waals surface area (Å²) in [7, 11) is 0. The van der Waals surface area contributed by atoms with Crippen LogP contribution in [0.5, 0.6) is 0 Å². The Kier molecular flexibility index (Phi) is 5.25. The number of nitrogens with zero attached hydrogens (tertiary/aromatic N) is 1. The lowest BCUT2D eigenvalue weighted by molar-refractivity contribution is -0.119. The number of rotatable bonds is 5. The number of halogens is 4. The van der Waals surface area contributed by atoms with Crippen LogP contribution in [0.2, 0.25) is 5.02 Å². The number of hydrogen-bond acceptors (Lipinski definition) is 3. The Hall–Kier alpha value is -0.980. The molecule has 0 aliphatic carbocycles. The zero-order valence-corrected chi connectivity index (χ0v) is 10.3. The van der Waals surface area contributed by atoms with E-state index in [2.05, 4.69) is 0 Å². The molecule has 0 bridgehead atoms. The molecule has 0 unspecified atom stereocenters. The summed E-state index contributed by atoms with van der Waals surface area (Å²) in [6.07, 6.45) is -4.34. The van der Waals surface area contributed by atoms with Crippen LogP contribution in [-0.2, 0) is 6.54 Å². The van der Waals surface area contributed by atoms with Gasteiger partial charge in [0.15, 0.2) is 0 Å². The molecule has 0 amide bonds. The average Bonchev–Trinajstić information content (AvgIpc) is 2.26. The average molecular weight is 283 g/mol. The monoisotopic (exact) mass is 282 g/mol. The summed E-state index contributed by atoms with van der Waals surface area (Å²) in [6.45, 7) is -1.39. The minimum Gasteiger partial charge on any atom is -0.395 e. The zero-order valence-electron chi connectivity index (χ0n) is 9.54. The van der Waals surface area contributed by atoms with Gasteiger partial charge < -0.3 is 15.7 Å². The highest BCUT2D eigenvalue weighted by molar-refractivity contribution is 6.31. The maximum absolute atomic E-state index is 12.4. The molecule has 0 aliphatic rings. The highest BCUT2D eigenvalue weighted by Gasteiger charge is 2.30. The molecule has 3 nitrogen and oxygen atoms in total. The minimum absolute atomic E-state index is 0.113. The van der Waals surface area contributed by atoms with Gasteiger partial charge in [-0.1, -0.05) is 17.7 Å². The van der Waals surface area contributed by atoms with Gasteiger partial charge in [-0.05, 0) is 17.7 Å². The van der Waals surface area contributed by atoms with Gasteiger partial charge in [-0.2, -0.15) is 13.2 Å². The predicted molar refractivity (Wildman–Crippen MR) is 64.7 cm³/mol. The first-order valence-corrected chi connectivity index (χ1v) is 5.66. The van der Waals surface area contributed by atoms with Crippen LogP contribution in [-0.4, -0.2) is 31.0 Å². The molecular weight excluding hydrogens is 269 g/mol. The number of aliphatic hydroxyl groups is 1. The Morgan fingerprint density at radius 3 is 2.44 bits per heavy atom. The molecule has 3 N–H and O–H groups in total. The van der Waals surface area contributed by atoms with Crippen molar-refractivity contribution in [2.45, 2.75) is 12.7 Å². The largest absolute Gasteiger partial charge is 0.405 e. The van der Waals surface area contributed by atoms with E-state index in [1.807, 2.05) is 0 Å². The van der Waals surface area contributed by atoms with Crippen LogP contribution >= 0.6 is 11.6 Å². The van der Waals surface area contributed by atoms with Crippen LogP contribution in [0.3, 0.4) is 0 Å². The van der Waals surface area contributed by atoms with Gasteiger partial charge in [0.25, 0.3) is 0 Å². The van der Waals surface area contributed by atoms with Gasteiger partial charge in [0.1, 0.15) is 6.54 Å². The maximum atomic E-state index is 12.4. The fourth-order valence-electron chi connectivity index (χ4n) is 1.54. The van der Waals surface area contributed by atoms with Crippen molar-refractivity contribution in [3.05, 3.63) is 28.8 Å². The third-order valence-electron chi connectivity index (χ3n) is 2.36. The fourth-order valence-corrected chi connectivity index (χ4v) is 1.79. The molecule has 0 saturated carbocycles. The quantitative estimate of drug-likeness (QED) is 0.870. The van der Waals surface area contributed by atoms with Gasteiger partial charge in [-0.3, -0.25) is 0 Å². The highest BCUT2D eigenvalue weighted by atomic mass is 35.5. The number of benzene rings is 1. The fraction of sp³-hybridized carbons (Fsp3) is 0.455. The summed E-state index contributed by atoms with van der Waals surface area (Å²) in [5.74, 6) is 0. The first kappa shape index (κ1) is 15.1. The molecule has 102 valence electrons. The second-order valence-corrected chi connectivity index (χ2v) is 4.15. The Balaban J connectivity index is 2.95. The second kappa shape index (κ2) is 6.26. The molecule has 7 heteroatoms. The van der Waals surface area contributed by atoms with E-state index in [0.29, 0.717) is 16.3 Å². The van der Waals surface area contributed by atoms with E-state index >= 15 is 0 Å². The molecule has 1 aromatic carbocycles. The number of hydrogen-bond donors (Lipinski definition) is 2. The lowest BCUT2D eigenvalue weighted by Crippen LogP contribution is -2.36. The lowest BCUT2D eigenvalue weighted by atomic mass is 10.2. The van der Waals surface area contributed by atoms with Gasteiger partial charge in [0.2, 0.25) is 0 Å². The Morgan fingerprint density at radius 1 is 1.33 bits per heavy atom. The van der Waals surface area contributed by atoms with Crippen molar-refractivity contribution in [1.82, 2.24) is 0 Å². The van der Waals surface area contributed by atoms with Crippen molar-refractivity contribution < 1.29 is 18.3 Å². The van der Waals surface area contributed by atoms with Crippen LogP contribution in [0.1, 0.15) is 5.56 Å². The van der Waals surface area contributed by atoms with Gasteiger partial charge >= 0.3 is 6.18 Å². The van der Waals surface area contributed by atoms with Crippen molar-refractivity contribution in [2.75, 3.05) is 24.6 Å². The van der Waals surface area contributed by atoms with E-state index in [-0.39, 0.29) is 19.7 Å². The SMILES string of the molecule is NCc1ccc(N(CCO)CC(F)(F)F)cc1Cl. The summed E-state index contributed by atoms with van der Waals surface area (Å²) in [6, 6.07) is 4.51. The lowest BCUT2D eigenvalue weighted by Gasteiger charge is -2.25. The number of aliphatic hydroxyl groups excluding tert-OH is 1. The molecule has 0 atom stereocenters. The highest BCUT2D eigenvalue weighted by Crippen LogP contribution is 2.26. The van der Waals surface area contributed by atoms with Crippen molar-refractivity contribution >= 4 is 17.3 Å². The van der Waals surface area contributed by atoms with E-state index < -0.39 is 12.7 Å². The molecule has 1 rings (SSSR count). The Morgan fingerprint density at radius 2 is 2.00 bits per heavy atom. The first-order chi connectivity index (χ1) is 8.37. The van der Waals surface area contributed by atoms with Gasteiger partial charge in [-0.15, -0.1) is 0 Å².